The first-order valence-electron chi connectivity index (χ1n) is 9.06. The van der Waals surface area contributed by atoms with Crippen molar-refractivity contribution in [3.05, 3.63) is 52.3 Å². The summed E-state index contributed by atoms with van der Waals surface area (Å²) >= 11 is 6.18. The lowest BCUT2D eigenvalue weighted by atomic mass is 9.89. The minimum atomic E-state index is -1.04. The number of halogens is 2. The van der Waals surface area contributed by atoms with Gasteiger partial charge in [0.15, 0.2) is 11.5 Å². The molecule has 2 aliphatic rings. The molecule has 2 unspecified atom stereocenters. The Labute approximate surface area is 170 Å². The summed E-state index contributed by atoms with van der Waals surface area (Å²) < 4.78 is 24.4. The zero-order chi connectivity index (χ0) is 20.5. The molecule has 2 atom stereocenters. The summed E-state index contributed by atoms with van der Waals surface area (Å²) in [4.78, 5) is 24.5. The van der Waals surface area contributed by atoms with E-state index >= 15 is 0 Å². The second-order valence-electron chi connectivity index (χ2n) is 6.82. The van der Waals surface area contributed by atoms with E-state index in [0.717, 1.165) is 0 Å². The normalized spacial score (nSPS) is 18.4. The predicted octanol–water partition coefficient (Wildman–Crippen LogP) is 2.53. The molecule has 7 nitrogen and oxygen atoms in total. The number of nitrogens with one attached hydrogen (secondary N) is 2. The Morgan fingerprint density at radius 2 is 2.10 bits per heavy atom. The van der Waals surface area contributed by atoms with Crippen molar-refractivity contribution in [2.45, 2.75) is 18.4 Å². The van der Waals surface area contributed by atoms with Crippen molar-refractivity contribution in [1.82, 2.24) is 5.32 Å². The third-order valence-corrected chi connectivity index (χ3v) is 5.13. The van der Waals surface area contributed by atoms with Crippen LogP contribution in [0.25, 0.3) is 0 Å². The maximum absolute atomic E-state index is 13.4. The Bertz CT molecular complexity index is 984. The van der Waals surface area contributed by atoms with Crippen LogP contribution in [0.3, 0.4) is 0 Å². The highest BCUT2D eigenvalue weighted by molar-refractivity contribution is 6.32. The number of aliphatic hydroxyl groups excluding tert-OH is 1. The number of fused-ring (bicyclic) bond motifs is 2. The Balaban J connectivity index is 1.46. The average Bonchev–Trinajstić information content (AvgIpc) is 2.70. The molecule has 29 heavy (non-hydrogen) atoms. The molecule has 0 aromatic heterocycles. The number of rotatable bonds is 4. The first-order chi connectivity index (χ1) is 13.9. The maximum atomic E-state index is 13.4. The summed E-state index contributed by atoms with van der Waals surface area (Å²) in [6, 6.07) is 7.06. The van der Waals surface area contributed by atoms with Gasteiger partial charge in [-0.15, -0.1) is 0 Å². The first-order valence-corrected chi connectivity index (χ1v) is 9.44. The summed E-state index contributed by atoms with van der Waals surface area (Å²) in [6.45, 7) is 0.678. The SMILES string of the molecule is O=C1CC(C(=O)NCC(O)c2cc(Cl)c3c(c2)OCCO3)c2ccc(F)cc2N1. The van der Waals surface area contributed by atoms with Gasteiger partial charge in [0.05, 0.1) is 17.0 Å². The molecule has 3 N–H and O–H groups in total. The van der Waals surface area contributed by atoms with E-state index in [-0.39, 0.29) is 24.6 Å². The third-order valence-electron chi connectivity index (χ3n) is 4.84. The number of amides is 2. The van der Waals surface area contributed by atoms with Gasteiger partial charge in [-0.1, -0.05) is 17.7 Å². The van der Waals surface area contributed by atoms with E-state index in [1.54, 1.807) is 12.1 Å². The fraction of sp³-hybridized carbons (Fsp3) is 0.300. The van der Waals surface area contributed by atoms with Gasteiger partial charge < -0.3 is 25.2 Å². The number of anilines is 1. The minimum absolute atomic E-state index is 0.0591. The van der Waals surface area contributed by atoms with Gasteiger partial charge in [-0.2, -0.15) is 0 Å². The smallest absolute Gasteiger partial charge is 0.228 e. The van der Waals surface area contributed by atoms with E-state index in [1.807, 2.05) is 0 Å². The van der Waals surface area contributed by atoms with E-state index in [9.17, 15) is 19.1 Å². The molecule has 152 valence electrons. The zero-order valence-corrected chi connectivity index (χ0v) is 16.0. The van der Waals surface area contributed by atoms with E-state index in [1.165, 1.54) is 18.2 Å². The lowest BCUT2D eigenvalue weighted by Crippen LogP contribution is -2.37. The van der Waals surface area contributed by atoms with Crippen LogP contribution in [-0.2, 0) is 9.59 Å². The quantitative estimate of drug-likeness (QED) is 0.706. The molecule has 0 saturated heterocycles. The molecule has 2 aromatic rings. The largest absolute Gasteiger partial charge is 0.486 e. The number of benzene rings is 2. The summed E-state index contributed by atoms with van der Waals surface area (Å²) in [6.07, 6.45) is -1.10. The number of carbonyl (C=O) groups excluding carboxylic acids is 2. The minimum Gasteiger partial charge on any atom is -0.486 e. The molecule has 2 heterocycles. The van der Waals surface area contributed by atoms with Crippen LogP contribution in [0.2, 0.25) is 5.02 Å². The molecule has 2 aliphatic heterocycles. The molecule has 4 rings (SSSR count). The van der Waals surface area contributed by atoms with Gasteiger partial charge in [0.2, 0.25) is 11.8 Å². The Kier molecular flexibility index (Phi) is 5.29. The average molecular weight is 421 g/mol. The van der Waals surface area contributed by atoms with Crippen LogP contribution in [-0.4, -0.2) is 36.7 Å². The van der Waals surface area contributed by atoms with E-state index in [0.29, 0.717) is 40.9 Å². The van der Waals surface area contributed by atoms with E-state index in [4.69, 9.17) is 21.1 Å². The van der Waals surface area contributed by atoms with Crippen LogP contribution in [0.4, 0.5) is 10.1 Å². The Hall–Kier alpha value is -2.84. The van der Waals surface area contributed by atoms with Gasteiger partial charge in [-0.05, 0) is 35.4 Å². The Morgan fingerprint density at radius 1 is 1.31 bits per heavy atom. The number of hydrogen-bond acceptors (Lipinski definition) is 5. The molecule has 0 saturated carbocycles. The molecule has 2 amide bonds. The van der Waals surface area contributed by atoms with Crippen molar-refractivity contribution in [3.63, 3.8) is 0 Å². The highest BCUT2D eigenvalue weighted by Gasteiger charge is 2.31. The van der Waals surface area contributed by atoms with Crippen LogP contribution in [0.15, 0.2) is 30.3 Å². The fourth-order valence-electron chi connectivity index (χ4n) is 3.43. The molecule has 2 aromatic carbocycles. The second-order valence-corrected chi connectivity index (χ2v) is 7.23. The van der Waals surface area contributed by atoms with Crippen molar-refractivity contribution >= 4 is 29.1 Å². The van der Waals surface area contributed by atoms with Crippen LogP contribution in [0.5, 0.6) is 11.5 Å². The van der Waals surface area contributed by atoms with Gasteiger partial charge in [-0.25, -0.2) is 4.39 Å². The fourth-order valence-corrected chi connectivity index (χ4v) is 3.71. The zero-order valence-electron chi connectivity index (χ0n) is 15.2. The Morgan fingerprint density at radius 3 is 2.93 bits per heavy atom. The van der Waals surface area contributed by atoms with Crippen LogP contribution >= 0.6 is 11.6 Å². The van der Waals surface area contributed by atoms with Gasteiger partial charge in [0.1, 0.15) is 19.0 Å². The second kappa shape index (κ2) is 7.88. The standard InChI is InChI=1S/C20H18ClFN2O5/c21-14-5-10(6-17-19(14)29-4-3-28-17)16(25)9-23-20(27)13-8-18(26)24-15-7-11(22)1-2-12(13)15/h1-2,5-7,13,16,25H,3-4,8-9H2,(H,23,27)(H,24,26). The maximum Gasteiger partial charge on any atom is 0.228 e. The van der Waals surface area contributed by atoms with E-state index in [2.05, 4.69) is 10.6 Å². The summed E-state index contributed by atoms with van der Waals surface area (Å²) in [5, 5.41) is 16.0. The molecule has 0 radical (unpaired) electrons. The van der Waals surface area contributed by atoms with Gasteiger partial charge in [0.25, 0.3) is 0 Å². The van der Waals surface area contributed by atoms with Crippen molar-refractivity contribution in [1.29, 1.82) is 0 Å². The predicted molar refractivity (Wildman–Crippen MR) is 103 cm³/mol. The molecular weight excluding hydrogens is 403 g/mol. The van der Waals surface area contributed by atoms with Crippen molar-refractivity contribution in [3.8, 4) is 11.5 Å². The van der Waals surface area contributed by atoms with Crippen LogP contribution in [0, 0.1) is 5.82 Å². The topological polar surface area (TPSA) is 96.9 Å². The first kappa shape index (κ1) is 19.5. The van der Waals surface area contributed by atoms with E-state index < -0.39 is 23.7 Å². The number of hydrogen-bond donors (Lipinski definition) is 3. The summed E-state index contributed by atoms with van der Waals surface area (Å²) in [7, 11) is 0. The highest BCUT2D eigenvalue weighted by atomic mass is 35.5. The molecule has 0 bridgehead atoms. The summed E-state index contributed by atoms with van der Waals surface area (Å²) in [5.41, 5.74) is 1.27. The van der Waals surface area contributed by atoms with Crippen LogP contribution in [0.1, 0.15) is 29.6 Å². The molecule has 0 spiro atoms. The van der Waals surface area contributed by atoms with Crippen molar-refractivity contribution in [2.75, 3.05) is 25.1 Å². The number of carbonyl (C=O) groups is 2. The molecule has 9 heteroatoms. The molecule has 0 fully saturated rings. The van der Waals surface area contributed by atoms with Crippen LogP contribution < -0.4 is 20.1 Å². The lowest BCUT2D eigenvalue weighted by Gasteiger charge is -2.25. The van der Waals surface area contributed by atoms with Gasteiger partial charge in [-0.3, -0.25) is 9.59 Å². The number of aliphatic hydroxyl groups is 1. The molecule has 0 aliphatic carbocycles. The lowest BCUT2D eigenvalue weighted by molar-refractivity contribution is -0.126. The van der Waals surface area contributed by atoms with Gasteiger partial charge >= 0.3 is 0 Å². The molecular formula is C20H18ClFN2O5. The van der Waals surface area contributed by atoms with Crippen molar-refractivity contribution < 1.29 is 28.6 Å². The highest BCUT2D eigenvalue weighted by Crippen LogP contribution is 2.39. The number of ether oxygens (including phenoxy) is 2. The third kappa shape index (κ3) is 3.99. The van der Waals surface area contributed by atoms with Gasteiger partial charge in [0, 0.05) is 18.7 Å². The van der Waals surface area contributed by atoms with Crippen molar-refractivity contribution in [2.24, 2.45) is 0 Å². The monoisotopic (exact) mass is 420 g/mol. The summed E-state index contributed by atoms with van der Waals surface area (Å²) in [5.74, 6) is -1.22.